The molecule has 48 heavy (non-hydrogen) atoms. The number of aromatic amines is 1. The standard InChI is InChI=1S/C24H21N11O8S5/c25-21-28-10(7-46-21)13(34-42-1-2-44-23-32-30-17(43-23)9-3-11(36)12(37)4-27-9)16(38)29-14-18(39)35-15(20(40)41)8(5-45-19(14)35)6-47-24-33-31-22(26)48-24/h3-4,7,14,19,37H,1-2,5-6H2,(H2,25,28)(H2,26,31)(H,27,36)(H,29,38)(H,40,41)/b34-13-/t14-,19-/m1/s1. The number of pyridine rings is 1. The summed E-state index contributed by atoms with van der Waals surface area (Å²) in [7, 11) is 0. The number of carboxylic acids is 1. The number of carbonyl (C=O) groups is 3. The van der Waals surface area contributed by atoms with Crippen molar-refractivity contribution >= 4 is 91.7 Å². The molecule has 0 aliphatic carbocycles. The number of hydrogen-bond donors (Lipinski definition) is 6. The molecule has 2 aliphatic heterocycles. The molecule has 19 nitrogen and oxygen atoms in total. The minimum atomic E-state index is -1.26. The number of nitrogens with two attached hydrogens (primary N) is 2. The molecule has 2 atom stereocenters. The number of carboxylic acid groups (broad SMARTS) is 1. The van der Waals surface area contributed by atoms with Crippen molar-refractivity contribution in [3.05, 3.63) is 44.8 Å². The number of β-lactam (4-membered cyclic amide) rings is 1. The molecule has 1 saturated heterocycles. The third kappa shape index (κ3) is 7.10. The van der Waals surface area contributed by atoms with E-state index >= 15 is 0 Å². The average Bonchev–Trinajstić information content (AvgIpc) is 3.82. The zero-order valence-electron chi connectivity index (χ0n) is 23.9. The van der Waals surface area contributed by atoms with Gasteiger partial charge in [0.2, 0.25) is 10.6 Å². The van der Waals surface area contributed by atoms with Gasteiger partial charge in [0.15, 0.2) is 20.9 Å². The van der Waals surface area contributed by atoms with Crippen LogP contribution < -0.4 is 22.2 Å². The van der Waals surface area contributed by atoms with Gasteiger partial charge in [0.05, 0.1) is 0 Å². The van der Waals surface area contributed by atoms with Gasteiger partial charge < -0.3 is 41.2 Å². The molecule has 0 saturated carbocycles. The third-order valence-corrected chi connectivity index (χ3v) is 11.2. The average molecular weight is 752 g/mol. The number of hydrogen-bond acceptors (Lipinski definition) is 20. The normalized spacial score (nSPS) is 17.6. The first-order valence-corrected chi connectivity index (χ1v) is 18.0. The quantitative estimate of drug-likeness (QED) is 0.0359. The largest absolute Gasteiger partial charge is 0.503 e. The maximum absolute atomic E-state index is 13.4. The third-order valence-electron chi connectivity index (χ3n) is 6.39. The lowest BCUT2D eigenvalue weighted by Gasteiger charge is -2.49. The predicted molar refractivity (Wildman–Crippen MR) is 176 cm³/mol. The zero-order chi connectivity index (χ0) is 33.9. The Labute approximate surface area is 288 Å². The van der Waals surface area contributed by atoms with Gasteiger partial charge >= 0.3 is 5.97 Å². The van der Waals surface area contributed by atoms with Crippen LogP contribution in [-0.4, -0.2) is 104 Å². The van der Waals surface area contributed by atoms with E-state index in [1.165, 1.54) is 45.1 Å². The molecule has 2 amide bonds. The smallest absolute Gasteiger partial charge is 0.352 e. The first kappa shape index (κ1) is 33.3. The summed E-state index contributed by atoms with van der Waals surface area (Å²) in [4.78, 5) is 63.7. The number of H-pyrrole nitrogens is 1. The number of nitrogens with one attached hydrogen (secondary N) is 2. The molecule has 1 fully saturated rings. The Balaban J connectivity index is 1.07. The number of thioether (sulfide) groups is 3. The molecule has 6 heterocycles. The summed E-state index contributed by atoms with van der Waals surface area (Å²) in [6.45, 7) is -0.0133. The monoisotopic (exact) mass is 751 g/mol. The Morgan fingerprint density at radius 3 is 2.75 bits per heavy atom. The van der Waals surface area contributed by atoms with Gasteiger partial charge in [-0.25, -0.2) is 9.78 Å². The zero-order valence-corrected chi connectivity index (χ0v) is 28.0. The summed E-state index contributed by atoms with van der Waals surface area (Å²) in [5.41, 5.74) is 11.3. The van der Waals surface area contributed by atoms with E-state index in [1.54, 1.807) is 0 Å². The van der Waals surface area contributed by atoms with E-state index in [-0.39, 0.29) is 62.3 Å². The molecule has 8 N–H and O–H groups in total. The van der Waals surface area contributed by atoms with Gasteiger partial charge in [0.25, 0.3) is 22.9 Å². The fourth-order valence-corrected chi connectivity index (χ4v) is 8.51. The number of nitrogens with zero attached hydrogens (tertiary/aromatic N) is 7. The number of rotatable bonds is 13. The van der Waals surface area contributed by atoms with Crippen molar-refractivity contribution in [1.82, 2.24) is 40.6 Å². The lowest BCUT2D eigenvalue weighted by Crippen LogP contribution is -2.71. The van der Waals surface area contributed by atoms with Gasteiger partial charge in [-0.2, -0.15) is 0 Å². The van der Waals surface area contributed by atoms with Crippen LogP contribution in [0.5, 0.6) is 5.75 Å². The van der Waals surface area contributed by atoms with Crippen molar-refractivity contribution in [2.24, 2.45) is 5.16 Å². The van der Waals surface area contributed by atoms with Crippen LogP contribution in [0.4, 0.5) is 10.3 Å². The van der Waals surface area contributed by atoms with Crippen molar-refractivity contribution in [3.63, 3.8) is 0 Å². The lowest BCUT2D eigenvalue weighted by molar-refractivity contribution is -0.150. The molecule has 2 aliphatic rings. The second-order valence-electron chi connectivity index (χ2n) is 9.47. The first-order valence-electron chi connectivity index (χ1n) is 13.3. The van der Waals surface area contributed by atoms with Crippen molar-refractivity contribution in [2.45, 2.75) is 21.0 Å². The maximum Gasteiger partial charge on any atom is 0.352 e. The van der Waals surface area contributed by atoms with Gasteiger partial charge in [-0.05, 0) is 5.57 Å². The van der Waals surface area contributed by atoms with Gasteiger partial charge in [0.1, 0.15) is 35.1 Å². The van der Waals surface area contributed by atoms with Gasteiger partial charge in [0, 0.05) is 34.9 Å². The number of nitrogen functional groups attached to an aromatic ring is 2. The maximum atomic E-state index is 13.4. The van der Waals surface area contributed by atoms with Crippen LogP contribution in [0.2, 0.25) is 0 Å². The van der Waals surface area contributed by atoms with Gasteiger partial charge in [-0.1, -0.05) is 40.0 Å². The molecule has 24 heteroatoms. The van der Waals surface area contributed by atoms with Crippen LogP contribution in [-0.2, 0) is 19.2 Å². The van der Waals surface area contributed by atoms with Crippen molar-refractivity contribution in [1.29, 1.82) is 0 Å². The van der Waals surface area contributed by atoms with E-state index in [1.807, 2.05) is 0 Å². The van der Waals surface area contributed by atoms with Crippen LogP contribution >= 0.6 is 58.0 Å². The summed E-state index contributed by atoms with van der Waals surface area (Å²) in [5.74, 6) is -2.20. The van der Waals surface area contributed by atoms with Crippen molar-refractivity contribution in [2.75, 3.05) is 35.3 Å². The molecule has 0 unspecified atom stereocenters. The van der Waals surface area contributed by atoms with Crippen LogP contribution in [0.1, 0.15) is 5.69 Å². The van der Waals surface area contributed by atoms with Gasteiger partial charge in [-0.15, -0.1) is 43.5 Å². The minimum absolute atomic E-state index is 0.0133. The van der Waals surface area contributed by atoms with Crippen LogP contribution in [0.15, 0.2) is 52.8 Å². The molecule has 6 rings (SSSR count). The SMILES string of the molecule is Nc1nc(/C(=N/OCCSc2nnc(-c3cc(=O)c(O)c[nH]3)o2)C(=O)N[C@@H]2C(=O)N3C(C(=O)O)=C(CSc4nnc(N)s4)CS[C@H]23)cs1. The second kappa shape index (κ2) is 14.2. The minimum Gasteiger partial charge on any atom is -0.503 e. The fraction of sp³-hybridized carbons (Fsp3) is 0.250. The highest BCUT2D eigenvalue weighted by molar-refractivity contribution is 8.02. The summed E-state index contributed by atoms with van der Waals surface area (Å²) < 4.78 is 6.07. The number of anilines is 2. The number of aromatic hydroxyl groups is 1. The summed E-state index contributed by atoms with van der Waals surface area (Å²) in [5, 5.41) is 42.8. The molecular weight excluding hydrogens is 731 g/mol. The molecule has 0 bridgehead atoms. The van der Waals surface area contributed by atoms with E-state index in [0.717, 1.165) is 35.4 Å². The number of fused-ring (bicyclic) bond motifs is 1. The van der Waals surface area contributed by atoms with Gasteiger partial charge in [-0.3, -0.25) is 19.3 Å². The summed E-state index contributed by atoms with van der Waals surface area (Å²) in [6.07, 6.45) is 1.11. The van der Waals surface area contributed by atoms with Crippen LogP contribution in [0.25, 0.3) is 11.6 Å². The number of thiazole rings is 1. The highest BCUT2D eigenvalue weighted by atomic mass is 32.2. The van der Waals surface area contributed by atoms with E-state index in [4.69, 9.17) is 20.7 Å². The predicted octanol–water partition coefficient (Wildman–Crippen LogP) is 0.647. The summed E-state index contributed by atoms with van der Waals surface area (Å²) >= 11 is 5.95. The highest BCUT2D eigenvalue weighted by Gasteiger charge is 2.54. The molecule has 4 aromatic rings. The van der Waals surface area contributed by atoms with Crippen LogP contribution in [0, 0.1) is 0 Å². The first-order chi connectivity index (χ1) is 23.1. The van der Waals surface area contributed by atoms with E-state index in [0.29, 0.717) is 15.7 Å². The molecule has 250 valence electrons. The number of oxime groups is 1. The van der Waals surface area contributed by atoms with Crippen LogP contribution in [0.3, 0.4) is 0 Å². The van der Waals surface area contributed by atoms with E-state index < -0.39 is 40.4 Å². The Hall–Kier alpha value is -4.65. The number of aliphatic carboxylic acids is 1. The topological polar surface area (TPSA) is 291 Å². The van der Waals surface area contributed by atoms with Crippen molar-refractivity contribution < 1.29 is 33.9 Å². The number of carbonyl (C=O) groups excluding carboxylic acids is 2. The Bertz CT molecular complexity index is 2010. The van der Waals surface area contributed by atoms with E-state index in [9.17, 15) is 29.4 Å². The Morgan fingerprint density at radius 1 is 1.21 bits per heavy atom. The van der Waals surface area contributed by atoms with Crippen molar-refractivity contribution in [3.8, 4) is 17.3 Å². The number of aromatic nitrogens is 6. The lowest BCUT2D eigenvalue weighted by atomic mass is 10.0. The molecule has 4 aromatic heterocycles. The highest BCUT2D eigenvalue weighted by Crippen LogP contribution is 2.42. The molecule has 0 aromatic carbocycles. The molecule has 0 radical (unpaired) electrons. The fourth-order valence-electron chi connectivity index (χ4n) is 4.27. The van der Waals surface area contributed by atoms with E-state index in [2.05, 4.69) is 40.8 Å². The second-order valence-corrected chi connectivity index (χ2v) is 14.7. The Morgan fingerprint density at radius 2 is 2.04 bits per heavy atom. The molecule has 0 spiro atoms. The number of amides is 2. The Kier molecular flexibility index (Phi) is 9.86. The molecular formula is C24H21N11O8S5. The summed E-state index contributed by atoms with van der Waals surface area (Å²) in [6, 6.07) is 0.0916.